The topological polar surface area (TPSA) is 50.1 Å². The van der Waals surface area contributed by atoms with Crippen LogP contribution in [-0.4, -0.2) is 57.4 Å². The van der Waals surface area contributed by atoms with Crippen LogP contribution < -0.4 is 9.80 Å². The number of rotatable bonds is 4. The van der Waals surface area contributed by atoms with E-state index >= 15 is 0 Å². The Morgan fingerprint density at radius 3 is 2.36 bits per heavy atom. The third-order valence-electron chi connectivity index (χ3n) is 5.24. The average molecular weight is 359 g/mol. The minimum absolute atomic E-state index is 0.622. The average Bonchev–Trinajstić information content (AvgIpc) is 3.18. The lowest BCUT2D eigenvalue weighted by molar-refractivity contribution is 0.502. The molecular formula is C18H26N6S. The molecule has 2 fully saturated rings. The quantitative estimate of drug-likeness (QED) is 0.837. The number of hydrogen-bond donors (Lipinski definition) is 0. The van der Waals surface area contributed by atoms with Crippen molar-refractivity contribution >= 4 is 23.4 Å². The van der Waals surface area contributed by atoms with Gasteiger partial charge in [0.25, 0.3) is 0 Å². The van der Waals surface area contributed by atoms with Gasteiger partial charge in [-0.2, -0.15) is 16.9 Å². The van der Waals surface area contributed by atoms with E-state index in [4.69, 9.17) is 0 Å². The summed E-state index contributed by atoms with van der Waals surface area (Å²) in [7, 11) is 0. The second kappa shape index (κ2) is 7.64. The van der Waals surface area contributed by atoms with Gasteiger partial charge in [-0.1, -0.05) is 0 Å². The summed E-state index contributed by atoms with van der Waals surface area (Å²) in [6.07, 6.45) is 8.30. The zero-order valence-corrected chi connectivity index (χ0v) is 15.7. The Labute approximate surface area is 153 Å². The second-order valence-electron chi connectivity index (χ2n) is 6.72. The van der Waals surface area contributed by atoms with E-state index in [2.05, 4.69) is 44.1 Å². The first-order valence-electron chi connectivity index (χ1n) is 9.25. The van der Waals surface area contributed by atoms with E-state index in [1.807, 2.05) is 22.6 Å². The molecule has 2 aliphatic heterocycles. The fourth-order valence-electron chi connectivity index (χ4n) is 3.68. The molecule has 4 rings (SSSR count). The minimum Gasteiger partial charge on any atom is -0.356 e. The van der Waals surface area contributed by atoms with E-state index in [0.29, 0.717) is 5.92 Å². The summed E-state index contributed by atoms with van der Waals surface area (Å²) in [5, 5.41) is 4.43. The molecule has 25 heavy (non-hydrogen) atoms. The number of aryl methyl sites for hydroxylation is 1. The first-order valence-corrected chi connectivity index (χ1v) is 10.4. The van der Waals surface area contributed by atoms with Crippen LogP contribution in [0.25, 0.3) is 0 Å². The Hall–Kier alpha value is -1.76. The molecule has 2 aliphatic rings. The highest BCUT2D eigenvalue weighted by Crippen LogP contribution is 2.30. The number of thioether (sulfide) groups is 1. The molecule has 6 nitrogen and oxygen atoms in total. The van der Waals surface area contributed by atoms with Gasteiger partial charge in [-0.15, -0.1) is 0 Å². The van der Waals surface area contributed by atoms with Crippen LogP contribution in [0.15, 0.2) is 24.8 Å². The van der Waals surface area contributed by atoms with E-state index < -0.39 is 0 Å². The summed E-state index contributed by atoms with van der Waals surface area (Å²) in [5.74, 6) is 5.16. The first kappa shape index (κ1) is 16.7. The molecule has 0 amide bonds. The van der Waals surface area contributed by atoms with Gasteiger partial charge in [0.2, 0.25) is 0 Å². The van der Waals surface area contributed by atoms with Crippen LogP contribution in [0.3, 0.4) is 0 Å². The van der Waals surface area contributed by atoms with Crippen molar-refractivity contribution in [2.75, 3.05) is 47.5 Å². The summed E-state index contributed by atoms with van der Waals surface area (Å²) in [6, 6.07) is 2.17. The molecule has 2 aromatic rings. The fourth-order valence-corrected chi connectivity index (χ4v) is 4.58. The lowest BCUT2D eigenvalue weighted by Crippen LogP contribution is -2.35. The molecule has 0 atom stereocenters. The van der Waals surface area contributed by atoms with Crippen molar-refractivity contribution in [1.29, 1.82) is 0 Å². The molecule has 0 radical (unpaired) electrons. The molecule has 4 heterocycles. The van der Waals surface area contributed by atoms with Gasteiger partial charge < -0.3 is 9.80 Å². The van der Waals surface area contributed by atoms with Crippen LogP contribution in [-0.2, 0) is 6.54 Å². The monoisotopic (exact) mass is 358 g/mol. The van der Waals surface area contributed by atoms with Crippen LogP contribution in [0.4, 0.5) is 11.6 Å². The molecular weight excluding hydrogens is 332 g/mol. The maximum atomic E-state index is 4.54. The van der Waals surface area contributed by atoms with Gasteiger partial charge in [-0.05, 0) is 31.2 Å². The Bertz CT molecular complexity index is 688. The van der Waals surface area contributed by atoms with Crippen molar-refractivity contribution in [1.82, 2.24) is 19.7 Å². The van der Waals surface area contributed by atoms with E-state index in [9.17, 15) is 0 Å². The summed E-state index contributed by atoms with van der Waals surface area (Å²) in [4.78, 5) is 13.8. The molecule has 0 saturated carbocycles. The van der Waals surface area contributed by atoms with Crippen molar-refractivity contribution in [2.45, 2.75) is 32.2 Å². The summed E-state index contributed by atoms with van der Waals surface area (Å²) in [6.45, 7) is 7.35. The first-order chi connectivity index (χ1) is 12.3. The van der Waals surface area contributed by atoms with Crippen LogP contribution in [0.5, 0.6) is 0 Å². The largest absolute Gasteiger partial charge is 0.356 e. The smallest absolute Gasteiger partial charge is 0.134 e. The van der Waals surface area contributed by atoms with Crippen LogP contribution >= 0.6 is 11.8 Å². The highest BCUT2D eigenvalue weighted by atomic mass is 32.2. The summed E-state index contributed by atoms with van der Waals surface area (Å²) < 4.78 is 2.02. The molecule has 2 aromatic heterocycles. The van der Waals surface area contributed by atoms with E-state index in [0.717, 1.165) is 57.2 Å². The predicted molar refractivity (Wildman–Crippen MR) is 104 cm³/mol. The maximum absolute atomic E-state index is 4.54. The Morgan fingerprint density at radius 2 is 1.72 bits per heavy atom. The summed E-state index contributed by atoms with van der Waals surface area (Å²) >= 11 is 2.02. The number of piperidine rings is 1. The Kier molecular flexibility index (Phi) is 5.10. The van der Waals surface area contributed by atoms with Crippen molar-refractivity contribution in [3.8, 4) is 0 Å². The van der Waals surface area contributed by atoms with Gasteiger partial charge in [0, 0.05) is 56.5 Å². The van der Waals surface area contributed by atoms with Crippen molar-refractivity contribution < 1.29 is 0 Å². The molecule has 0 aliphatic carbocycles. The predicted octanol–water partition coefficient (Wildman–Crippen LogP) is 2.63. The normalized spacial score (nSPS) is 19.4. The fraction of sp³-hybridized carbons (Fsp3) is 0.611. The molecule has 2 saturated heterocycles. The minimum atomic E-state index is 0.622. The molecule has 7 heteroatoms. The molecule has 0 aromatic carbocycles. The standard InChI is InChI=1S/C18H26N6S/c1-2-24-13-16(12-21-24)15-3-5-22(6-4-15)17-11-18(20-14-19-17)23-7-9-25-10-8-23/h11-15H,2-10H2,1H3. The van der Waals surface area contributed by atoms with E-state index in [-0.39, 0.29) is 0 Å². The van der Waals surface area contributed by atoms with Crippen LogP contribution in [0.2, 0.25) is 0 Å². The summed E-state index contributed by atoms with van der Waals surface area (Å²) in [5.41, 5.74) is 1.38. The van der Waals surface area contributed by atoms with Crippen LogP contribution in [0, 0.1) is 0 Å². The Balaban J connectivity index is 1.40. The van der Waals surface area contributed by atoms with Gasteiger partial charge in [0.15, 0.2) is 0 Å². The van der Waals surface area contributed by atoms with E-state index in [1.165, 1.54) is 17.1 Å². The van der Waals surface area contributed by atoms with Crippen LogP contribution in [0.1, 0.15) is 31.2 Å². The molecule has 0 spiro atoms. The number of aromatic nitrogens is 4. The highest BCUT2D eigenvalue weighted by molar-refractivity contribution is 7.99. The molecule has 0 N–H and O–H groups in total. The van der Waals surface area contributed by atoms with Gasteiger partial charge in [-0.3, -0.25) is 4.68 Å². The molecule has 0 unspecified atom stereocenters. The second-order valence-corrected chi connectivity index (χ2v) is 7.95. The van der Waals surface area contributed by atoms with Gasteiger partial charge in [-0.25, -0.2) is 9.97 Å². The molecule has 0 bridgehead atoms. The van der Waals surface area contributed by atoms with Crippen molar-refractivity contribution in [3.05, 3.63) is 30.4 Å². The number of anilines is 2. The number of hydrogen-bond acceptors (Lipinski definition) is 6. The lowest BCUT2D eigenvalue weighted by atomic mass is 9.91. The highest BCUT2D eigenvalue weighted by Gasteiger charge is 2.23. The third-order valence-corrected chi connectivity index (χ3v) is 6.18. The van der Waals surface area contributed by atoms with Crippen molar-refractivity contribution in [3.63, 3.8) is 0 Å². The third kappa shape index (κ3) is 3.76. The Morgan fingerprint density at radius 1 is 1.04 bits per heavy atom. The van der Waals surface area contributed by atoms with E-state index in [1.54, 1.807) is 6.33 Å². The van der Waals surface area contributed by atoms with Gasteiger partial charge >= 0.3 is 0 Å². The SMILES string of the molecule is CCn1cc(C2CCN(c3cc(N4CCSCC4)ncn3)CC2)cn1. The molecule has 134 valence electrons. The number of nitrogens with zero attached hydrogens (tertiary/aromatic N) is 6. The van der Waals surface area contributed by atoms with Crippen molar-refractivity contribution in [2.24, 2.45) is 0 Å². The zero-order valence-electron chi connectivity index (χ0n) is 14.8. The maximum Gasteiger partial charge on any atom is 0.134 e. The van der Waals surface area contributed by atoms with Gasteiger partial charge in [0.1, 0.15) is 18.0 Å². The zero-order chi connectivity index (χ0) is 17.1. The van der Waals surface area contributed by atoms with Gasteiger partial charge in [0.05, 0.1) is 6.20 Å². The lowest BCUT2D eigenvalue weighted by Gasteiger charge is -2.33.